The highest BCUT2D eigenvalue weighted by atomic mass is 16.5. The fourth-order valence-corrected chi connectivity index (χ4v) is 1.56. The number of hydrogen-bond donors (Lipinski definition) is 1. The van der Waals surface area contributed by atoms with E-state index in [9.17, 15) is 0 Å². The van der Waals surface area contributed by atoms with Gasteiger partial charge in [0.1, 0.15) is 12.1 Å². The van der Waals surface area contributed by atoms with Gasteiger partial charge in [0.25, 0.3) is 0 Å². The van der Waals surface area contributed by atoms with E-state index in [0.29, 0.717) is 11.8 Å². The summed E-state index contributed by atoms with van der Waals surface area (Å²) in [6.07, 6.45) is 2.45. The lowest BCUT2D eigenvalue weighted by Crippen LogP contribution is -2.09. The first-order valence-corrected chi connectivity index (χ1v) is 5.58. The average Bonchev–Trinajstić information content (AvgIpc) is 2.74. The molecular formula is C12H16N4O. The lowest BCUT2D eigenvalue weighted by atomic mass is 10.0. The monoisotopic (exact) mass is 232 g/mol. The molecule has 1 atom stereocenters. The van der Waals surface area contributed by atoms with Crippen LogP contribution in [0.3, 0.4) is 0 Å². The van der Waals surface area contributed by atoms with Crippen LogP contribution < -0.4 is 10.5 Å². The van der Waals surface area contributed by atoms with Crippen LogP contribution in [-0.2, 0) is 7.05 Å². The lowest BCUT2D eigenvalue weighted by Gasteiger charge is -2.13. The molecule has 0 amide bonds. The zero-order valence-electron chi connectivity index (χ0n) is 10.00. The Morgan fingerprint density at radius 2 is 2.18 bits per heavy atom. The molecule has 0 aliphatic heterocycles. The van der Waals surface area contributed by atoms with Crippen LogP contribution in [0.25, 0.3) is 0 Å². The number of nitrogens with zero attached hydrogens (tertiary/aromatic N) is 3. The molecule has 1 aromatic carbocycles. The Kier molecular flexibility index (Phi) is 3.39. The fourth-order valence-electron chi connectivity index (χ4n) is 1.56. The second-order valence-electron chi connectivity index (χ2n) is 3.86. The maximum Gasteiger partial charge on any atom is 0.340 e. The summed E-state index contributed by atoms with van der Waals surface area (Å²) < 4.78 is 7.23. The number of benzene rings is 1. The average molecular weight is 232 g/mol. The van der Waals surface area contributed by atoms with Gasteiger partial charge in [-0.1, -0.05) is 25.1 Å². The number of aryl methyl sites for hydroxylation is 1. The Balaban J connectivity index is 2.26. The number of rotatable bonds is 4. The van der Waals surface area contributed by atoms with E-state index >= 15 is 0 Å². The maximum absolute atomic E-state index is 6.03. The highest BCUT2D eigenvalue weighted by molar-refractivity contribution is 5.37. The second kappa shape index (κ2) is 4.97. The van der Waals surface area contributed by atoms with Gasteiger partial charge in [-0.3, -0.25) is 4.68 Å². The van der Waals surface area contributed by atoms with Gasteiger partial charge in [-0.25, -0.2) is 0 Å². The summed E-state index contributed by atoms with van der Waals surface area (Å²) in [5, 5.41) is 4.07. The molecule has 2 aromatic rings. The SMILES string of the molecule is CCC(N)c1ccccc1Oc1ncn(C)n1. The molecule has 5 nitrogen and oxygen atoms in total. The van der Waals surface area contributed by atoms with Crippen molar-refractivity contribution in [2.75, 3.05) is 0 Å². The third kappa shape index (κ3) is 2.62. The predicted molar refractivity (Wildman–Crippen MR) is 64.7 cm³/mol. The fraction of sp³-hybridized carbons (Fsp3) is 0.333. The van der Waals surface area contributed by atoms with E-state index in [-0.39, 0.29) is 6.04 Å². The normalized spacial score (nSPS) is 12.4. The zero-order valence-corrected chi connectivity index (χ0v) is 10.00. The van der Waals surface area contributed by atoms with Crippen molar-refractivity contribution in [3.05, 3.63) is 36.2 Å². The minimum absolute atomic E-state index is 0.0325. The molecule has 1 heterocycles. The van der Waals surface area contributed by atoms with Crippen LogP contribution in [0, 0.1) is 0 Å². The van der Waals surface area contributed by atoms with Gasteiger partial charge >= 0.3 is 6.01 Å². The molecule has 0 bridgehead atoms. The minimum atomic E-state index is -0.0325. The van der Waals surface area contributed by atoms with Crippen LogP contribution >= 0.6 is 0 Å². The number of para-hydroxylation sites is 1. The van der Waals surface area contributed by atoms with Crippen molar-refractivity contribution in [2.45, 2.75) is 19.4 Å². The summed E-state index contributed by atoms with van der Waals surface area (Å²) in [6.45, 7) is 2.04. The van der Waals surface area contributed by atoms with E-state index in [0.717, 1.165) is 12.0 Å². The van der Waals surface area contributed by atoms with Crippen LogP contribution in [0.4, 0.5) is 0 Å². The van der Waals surface area contributed by atoms with Gasteiger partial charge in [0.05, 0.1) is 0 Å². The number of ether oxygens (including phenoxy) is 1. The number of nitrogens with two attached hydrogens (primary N) is 1. The Bertz CT molecular complexity index is 495. The van der Waals surface area contributed by atoms with Crippen molar-refractivity contribution in [2.24, 2.45) is 12.8 Å². The van der Waals surface area contributed by atoms with Gasteiger partial charge in [-0.2, -0.15) is 4.98 Å². The molecule has 2 rings (SSSR count). The third-order valence-corrected chi connectivity index (χ3v) is 2.54. The van der Waals surface area contributed by atoms with Gasteiger partial charge in [0.15, 0.2) is 0 Å². The molecule has 0 spiro atoms. The lowest BCUT2D eigenvalue weighted by molar-refractivity contribution is 0.429. The highest BCUT2D eigenvalue weighted by Crippen LogP contribution is 2.28. The van der Waals surface area contributed by atoms with Gasteiger partial charge in [0.2, 0.25) is 0 Å². The number of aromatic nitrogens is 3. The maximum atomic E-state index is 6.03. The molecule has 90 valence electrons. The predicted octanol–water partition coefficient (Wildman–Crippen LogP) is 2.02. The standard InChI is InChI=1S/C12H16N4O/c1-3-10(13)9-6-4-5-7-11(9)17-12-14-8-16(2)15-12/h4-8,10H,3,13H2,1-2H3. The number of hydrogen-bond acceptors (Lipinski definition) is 4. The summed E-state index contributed by atoms with van der Waals surface area (Å²) in [5.41, 5.74) is 7.00. The Labute approximate surface area is 100 Å². The van der Waals surface area contributed by atoms with Crippen molar-refractivity contribution in [1.82, 2.24) is 14.8 Å². The van der Waals surface area contributed by atoms with Gasteiger partial charge in [-0.05, 0) is 12.5 Å². The summed E-state index contributed by atoms with van der Waals surface area (Å²) >= 11 is 0. The molecular weight excluding hydrogens is 216 g/mol. The molecule has 0 radical (unpaired) electrons. The van der Waals surface area contributed by atoms with Crippen molar-refractivity contribution < 1.29 is 4.74 Å². The van der Waals surface area contributed by atoms with Crippen LogP contribution in [0.15, 0.2) is 30.6 Å². The molecule has 0 saturated heterocycles. The molecule has 17 heavy (non-hydrogen) atoms. The van der Waals surface area contributed by atoms with E-state index in [4.69, 9.17) is 10.5 Å². The first-order valence-electron chi connectivity index (χ1n) is 5.58. The molecule has 0 fully saturated rings. The second-order valence-corrected chi connectivity index (χ2v) is 3.86. The van der Waals surface area contributed by atoms with Crippen LogP contribution in [0.2, 0.25) is 0 Å². The van der Waals surface area contributed by atoms with Gasteiger partial charge < -0.3 is 10.5 Å². The Morgan fingerprint density at radius 3 is 2.82 bits per heavy atom. The van der Waals surface area contributed by atoms with Crippen molar-refractivity contribution in [1.29, 1.82) is 0 Å². The smallest absolute Gasteiger partial charge is 0.340 e. The van der Waals surface area contributed by atoms with E-state index in [2.05, 4.69) is 10.1 Å². The minimum Gasteiger partial charge on any atom is -0.423 e. The molecule has 5 heteroatoms. The summed E-state index contributed by atoms with van der Waals surface area (Å²) in [6, 6.07) is 8.00. The summed E-state index contributed by atoms with van der Waals surface area (Å²) in [5.74, 6) is 0.716. The van der Waals surface area contributed by atoms with E-state index in [1.54, 1.807) is 18.1 Å². The molecule has 2 N–H and O–H groups in total. The van der Waals surface area contributed by atoms with Crippen LogP contribution in [-0.4, -0.2) is 14.8 Å². The van der Waals surface area contributed by atoms with Gasteiger partial charge in [-0.15, -0.1) is 5.10 Å². The molecule has 1 aromatic heterocycles. The Hall–Kier alpha value is -1.88. The van der Waals surface area contributed by atoms with Gasteiger partial charge in [0, 0.05) is 18.7 Å². The van der Waals surface area contributed by atoms with E-state index in [1.807, 2.05) is 31.2 Å². The van der Waals surface area contributed by atoms with Crippen molar-refractivity contribution in [3.63, 3.8) is 0 Å². The molecule has 0 aliphatic carbocycles. The first-order chi connectivity index (χ1) is 8.20. The van der Waals surface area contributed by atoms with Crippen LogP contribution in [0.5, 0.6) is 11.8 Å². The molecule has 0 saturated carbocycles. The summed E-state index contributed by atoms with van der Waals surface area (Å²) in [7, 11) is 1.80. The highest BCUT2D eigenvalue weighted by Gasteiger charge is 2.11. The third-order valence-electron chi connectivity index (χ3n) is 2.54. The van der Waals surface area contributed by atoms with Crippen molar-refractivity contribution in [3.8, 4) is 11.8 Å². The van der Waals surface area contributed by atoms with E-state index < -0.39 is 0 Å². The van der Waals surface area contributed by atoms with E-state index in [1.165, 1.54) is 0 Å². The zero-order chi connectivity index (χ0) is 12.3. The largest absolute Gasteiger partial charge is 0.423 e. The Morgan fingerprint density at radius 1 is 1.41 bits per heavy atom. The topological polar surface area (TPSA) is 66.0 Å². The summed E-state index contributed by atoms with van der Waals surface area (Å²) in [4.78, 5) is 4.03. The molecule has 1 unspecified atom stereocenters. The first kappa shape index (κ1) is 11.6. The quantitative estimate of drug-likeness (QED) is 0.875. The van der Waals surface area contributed by atoms with Crippen LogP contribution in [0.1, 0.15) is 24.9 Å². The van der Waals surface area contributed by atoms with Crippen molar-refractivity contribution >= 4 is 0 Å². The molecule has 0 aliphatic rings.